The first-order chi connectivity index (χ1) is 15.5. The van der Waals surface area contributed by atoms with Gasteiger partial charge in [-0.1, -0.05) is 42.5 Å². The lowest BCUT2D eigenvalue weighted by atomic mass is 10.1. The lowest BCUT2D eigenvalue weighted by Gasteiger charge is -2.36. The molecule has 0 aromatic heterocycles. The smallest absolute Gasteiger partial charge is 0.277 e. The van der Waals surface area contributed by atoms with Crippen molar-refractivity contribution >= 4 is 11.6 Å². The van der Waals surface area contributed by atoms with Gasteiger partial charge < -0.3 is 14.8 Å². The van der Waals surface area contributed by atoms with E-state index in [9.17, 15) is 14.9 Å². The highest BCUT2D eigenvalue weighted by Crippen LogP contribution is 2.38. The zero-order valence-electron chi connectivity index (χ0n) is 17.6. The molecular weight excluding hydrogens is 410 g/mol. The molecule has 1 aliphatic rings. The van der Waals surface area contributed by atoms with Crippen molar-refractivity contribution in [3.8, 4) is 11.5 Å². The molecule has 0 spiro atoms. The molecule has 1 unspecified atom stereocenters. The molecule has 4 rings (SSSR count). The Morgan fingerprint density at radius 3 is 2.75 bits per heavy atom. The van der Waals surface area contributed by atoms with Crippen LogP contribution in [-0.2, 0) is 17.9 Å². The number of fused-ring (bicyclic) bond motifs is 1. The maximum Gasteiger partial charge on any atom is 0.277 e. The number of amides is 1. The third-order valence-electron chi connectivity index (χ3n) is 5.29. The van der Waals surface area contributed by atoms with E-state index in [0.717, 1.165) is 11.1 Å². The molecule has 0 fully saturated rings. The fourth-order valence-corrected chi connectivity index (χ4v) is 3.73. The van der Waals surface area contributed by atoms with E-state index < -0.39 is 11.2 Å². The molecule has 1 atom stereocenters. The summed E-state index contributed by atoms with van der Waals surface area (Å²) in [5.41, 5.74) is 2.20. The number of para-hydroxylation sites is 2. The van der Waals surface area contributed by atoms with Crippen LogP contribution in [0.15, 0.2) is 72.8 Å². The van der Waals surface area contributed by atoms with Crippen LogP contribution >= 0.6 is 0 Å². The number of nitrogens with one attached hydrogen (secondary N) is 1. The second kappa shape index (κ2) is 9.49. The highest BCUT2D eigenvalue weighted by molar-refractivity contribution is 5.78. The van der Waals surface area contributed by atoms with Crippen LogP contribution in [-0.4, -0.2) is 29.4 Å². The third kappa shape index (κ3) is 4.70. The van der Waals surface area contributed by atoms with E-state index in [1.165, 1.54) is 6.07 Å². The molecular formula is C24H23N3O5. The number of carbonyl (C=O) groups is 1. The summed E-state index contributed by atoms with van der Waals surface area (Å²) in [5, 5.41) is 14.5. The van der Waals surface area contributed by atoms with Crippen molar-refractivity contribution < 1.29 is 19.2 Å². The molecule has 0 radical (unpaired) electrons. The molecule has 32 heavy (non-hydrogen) atoms. The summed E-state index contributed by atoms with van der Waals surface area (Å²) in [6.07, 6.45) is -0.755. The van der Waals surface area contributed by atoms with Crippen LogP contribution in [0.2, 0.25) is 0 Å². The number of nitrogens with zero attached hydrogens (tertiary/aromatic N) is 2. The molecule has 1 heterocycles. The first-order valence-corrected chi connectivity index (χ1v) is 10.2. The zero-order chi connectivity index (χ0) is 22.5. The monoisotopic (exact) mass is 433 g/mol. The fourth-order valence-electron chi connectivity index (χ4n) is 3.73. The normalized spacial score (nSPS) is 15.3. The standard InChI is InChI=1S/C24H23N3O5/c1-31-19-9-6-7-17(13-19)14-25-23(28)16-26-15-18-8-2-5-12-22(18)32-24(26)20-10-3-4-11-21(20)27(29)30/h2-13,24H,14-16H2,1H3,(H,25,28). The minimum Gasteiger partial charge on any atom is -0.497 e. The zero-order valence-corrected chi connectivity index (χ0v) is 17.6. The lowest BCUT2D eigenvalue weighted by molar-refractivity contribution is -0.386. The average Bonchev–Trinajstić information content (AvgIpc) is 2.82. The molecule has 1 amide bonds. The predicted octanol–water partition coefficient (Wildman–Crippen LogP) is 3.81. The van der Waals surface area contributed by atoms with Gasteiger partial charge in [0.2, 0.25) is 5.91 Å². The van der Waals surface area contributed by atoms with Gasteiger partial charge in [-0.3, -0.25) is 19.8 Å². The maximum absolute atomic E-state index is 12.8. The Balaban J connectivity index is 1.54. The van der Waals surface area contributed by atoms with E-state index in [2.05, 4.69) is 5.32 Å². The van der Waals surface area contributed by atoms with E-state index in [0.29, 0.717) is 30.2 Å². The molecule has 0 aliphatic carbocycles. The summed E-state index contributed by atoms with van der Waals surface area (Å²) in [6.45, 7) is 0.798. The van der Waals surface area contributed by atoms with Gasteiger partial charge in [-0.05, 0) is 29.8 Å². The number of nitro groups is 1. The summed E-state index contributed by atoms with van der Waals surface area (Å²) in [6, 6.07) is 21.4. The molecule has 1 aliphatic heterocycles. The molecule has 0 bridgehead atoms. The molecule has 3 aromatic rings. The average molecular weight is 433 g/mol. The number of methoxy groups -OCH3 is 1. The number of hydrogen-bond donors (Lipinski definition) is 1. The summed E-state index contributed by atoms with van der Waals surface area (Å²) in [5.74, 6) is 1.16. The summed E-state index contributed by atoms with van der Waals surface area (Å²) >= 11 is 0. The number of benzene rings is 3. The molecule has 8 nitrogen and oxygen atoms in total. The number of rotatable bonds is 7. The Labute approximate surface area is 185 Å². The Hall–Kier alpha value is -3.91. The Kier molecular flexibility index (Phi) is 6.32. The summed E-state index contributed by atoms with van der Waals surface area (Å²) < 4.78 is 11.4. The van der Waals surface area contributed by atoms with Crippen molar-refractivity contribution in [1.82, 2.24) is 10.2 Å². The number of nitro benzene ring substituents is 1. The third-order valence-corrected chi connectivity index (χ3v) is 5.29. The quantitative estimate of drug-likeness (QED) is 0.450. The van der Waals surface area contributed by atoms with Gasteiger partial charge in [0.1, 0.15) is 11.5 Å². The van der Waals surface area contributed by atoms with E-state index in [1.807, 2.05) is 48.5 Å². The van der Waals surface area contributed by atoms with Crippen molar-refractivity contribution in [3.63, 3.8) is 0 Å². The van der Waals surface area contributed by atoms with Gasteiger partial charge in [-0.15, -0.1) is 0 Å². The van der Waals surface area contributed by atoms with Crippen LogP contribution in [0.1, 0.15) is 22.9 Å². The van der Waals surface area contributed by atoms with Crippen molar-refractivity contribution in [2.75, 3.05) is 13.7 Å². The first-order valence-electron chi connectivity index (χ1n) is 10.2. The van der Waals surface area contributed by atoms with Gasteiger partial charge in [0.25, 0.3) is 5.69 Å². The predicted molar refractivity (Wildman–Crippen MR) is 118 cm³/mol. The number of carbonyl (C=O) groups excluding carboxylic acids is 1. The second-order valence-electron chi connectivity index (χ2n) is 7.43. The van der Waals surface area contributed by atoms with E-state index in [-0.39, 0.29) is 18.1 Å². The van der Waals surface area contributed by atoms with Crippen molar-refractivity contribution in [2.45, 2.75) is 19.3 Å². The molecule has 1 N–H and O–H groups in total. The van der Waals surface area contributed by atoms with Gasteiger partial charge in [-0.25, -0.2) is 0 Å². The summed E-state index contributed by atoms with van der Waals surface area (Å²) in [4.78, 5) is 25.7. The molecule has 0 saturated carbocycles. The maximum atomic E-state index is 12.8. The number of ether oxygens (including phenoxy) is 2. The van der Waals surface area contributed by atoms with E-state index in [4.69, 9.17) is 9.47 Å². The lowest BCUT2D eigenvalue weighted by Crippen LogP contribution is -2.42. The Bertz CT molecular complexity index is 1130. The molecule has 164 valence electrons. The van der Waals surface area contributed by atoms with Gasteiger partial charge in [0.05, 0.1) is 24.1 Å². The topological polar surface area (TPSA) is 93.9 Å². The molecule has 0 saturated heterocycles. The van der Waals surface area contributed by atoms with Gasteiger partial charge >= 0.3 is 0 Å². The first kappa shape index (κ1) is 21.3. The minimum absolute atomic E-state index is 0.0228. The van der Waals surface area contributed by atoms with E-state index >= 15 is 0 Å². The summed E-state index contributed by atoms with van der Waals surface area (Å²) in [7, 11) is 1.59. The van der Waals surface area contributed by atoms with Crippen LogP contribution in [0, 0.1) is 10.1 Å². The Morgan fingerprint density at radius 2 is 1.94 bits per heavy atom. The van der Waals surface area contributed by atoms with Crippen molar-refractivity contribution in [3.05, 3.63) is 99.6 Å². The minimum atomic E-state index is -0.755. The SMILES string of the molecule is COc1cccc(CNC(=O)CN2Cc3ccccc3OC2c2ccccc2[N+](=O)[O-])c1. The highest BCUT2D eigenvalue weighted by atomic mass is 16.6. The molecule has 8 heteroatoms. The Morgan fingerprint density at radius 1 is 1.16 bits per heavy atom. The van der Waals surface area contributed by atoms with Gasteiger partial charge in [-0.2, -0.15) is 0 Å². The number of hydrogen-bond acceptors (Lipinski definition) is 6. The van der Waals surface area contributed by atoms with E-state index in [1.54, 1.807) is 30.2 Å². The van der Waals surface area contributed by atoms with Gasteiger partial charge in [0, 0.05) is 24.7 Å². The highest BCUT2D eigenvalue weighted by Gasteiger charge is 2.34. The van der Waals surface area contributed by atoms with Crippen molar-refractivity contribution in [2.24, 2.45) is 0 Å². The van der Waals surface area contributed by atoms with Crippen LogP contribution in [0.25, 0.3) is 0 Å². The van der Waals surface area contributed by atoms with Gasteiger partial charge in [0.15, 0.2) is 6.23 Å². The van der Waals surface area contributed by atoms with Crippen LogP contribution in [0.4, 0.5) is 5.69 Å². The van der Waals surface area contributed by atoms with Crippen molar-refractivity contribution in [1.29, 1.82) is 0 Å². The largest absolute Gasteiger partial charge is 0.497 e. The van der Waals surface area contributed by atoms with Crippen LogP contribution < -0.4 is 14.8 Å². The van der Waals surface area contributed by atoms with Crippen LogP contribution in [0.3, 0.4) is 0 Å². The molecule has 3 aromatic carbocycles. The fraction of sp³-hybridized carbons (Fsp3) is 0.208. The second-order valence-corrected chi connectivity index (χ2v) is 7.43. The van der Waals surface area contributed by atoms with Crippen LogP contribution in [0.5, 0.6) is 11.5 Å².